The largest absolute Gasteiger partial charge is 0.481 e. The van der Waals surface area contributed by atoms with Gasteiger partial charge >= 0.3 is 7.48 Å². The van der Waals surface area contributed by atoms with Gasteiger partial charge < -0.3 is 9.76 Å². The molecule has 0 aliphatic rings. The molecular weight excluding hydrogens is 141 g/mol. The van der Waals surface area contributed by atoms with Crippen molar-refractivity contribution in [1.29, 1.82) is 0 Å². The molecule has 4 heteroatoms. The van der Waals surface area contributed by atoms with Crippen LogP contribution >= 0.6 is 0 Å². The minimum atomic E-state index is 0.563. The van der Waals surface area contributed by atoms with Gasteiger partial charge in [-0.25, -0.2) is 4.98 Å². The van der Waals surface area contributed by atoms with Gasteiger partial charge in [-0.15, -0.1) is 0 Å². The van der Waals surface area contributed by atoms with E-state index in [4.69, 9.17) is 9.76 Å². The molecule has 0 spiro atoms. The lowest BCUT2D eigenvalue weighted by Gasteiger charge is -2.02. The van der Waals surface area contributed by atoms with E-state index in [9.17, 15) is 0 Å². The number of hydrogen-bond donors (Lipinski definition) is 1. The van der Waals surface area contributed by atoms with Gasteiger partial charge in [-0.05, 0) is 17.9 Å². The van der Waals surface area contributed by atoms with Gasteiger partial charge in [-0.1, -0.05) is 0 Å². The fraction of sp³-hybridized carbons (Fsp3) is 0.286. The van der Waals surface area contributed by atoms with Crippen molar-refractivity contribution in [3.05, 3.63) is 17.8 Å². The lowest BCUT2D eigenvalue weighted by Crippen LogP contribution is -2.17. The molecule has 1 aromatic rings. The average molecular weight is 150 g/mol. The number of methoxy groups -OCH3 is 1. The molecule has 0 atom stereocenters. The predicted molar refractivity (Wildman–Crippen MR) is 43.1 cm³/mol. The third kappa shape index (κ3) is 1.71. The molecule has 0 aromatic carbocycles. The Morgan fingerprint density at radius 1 is 1.64 bits per heavy atom. The molecule has 3 nitrogen and oxygen atoms in total. The molecule has 0 saturated carbocycles. The van der Waals surface area contributed by atoms with Crippen LogP contribution in [0.3, 0.4) is 0 Å². The van der Waals surface area contributed by atoms with Gasteiger partial charge in [0.05, 0.1) is 7.11 Å². The van der Waals surface area contributed by atoms with Crippen LogP contribution in [0.15, 0.2) is 12.3 Å². The Morgan fingerprint density at radius 2 is 2.36 bits per heavy atom. The van der Waals surface area contributed by atoms with Crippen molar-refractivity contribution in [2.45, 2.75) is 6.92 Å². The molecule has 0 fully saturated rings. The fourth-order valence-corrected chi connectivity index (χ4v) is 0.788. The number of rotatable bonds is 2. The zero-order chi connectivity index (χ0) is 8.27. The normalized spacial score (nSPS) is 9.36. The lowest BCUT2D eigenvalue weighted by atomic mass is 9.87. The summed E-state index contributed by atoms with van der Waals surface area (Å²) >= 11 is 0. The molecule has 1 heterocycles. The van der Waals surface area contributed by atoms with Gasteiger partial charge in [0.15, 0.2) is 0 Å². The van der Waals surface area contributed by atoms with Crippen LogP contribution in [0.4, 0.5) is 0 Å². The maximum Gasteiger partial charge on any atom is 0.328 e. The Hall–Kier alpha value is -1.03. The van der Waals surface area contributed by atoms with Crippen LogP contribution in [0.1, 0.15) is 5.56 Å². The van der Waals surface area contributed by atoms with Crippen LogP contribution in [0, 0.1) is 6.92 Å². The molecule has 1 N–H and O–H groups in total. The molecule has 57 valence electrons. The molecule has 0 saturated heterocycles. The first-order valence-corrected chi connectivity index (χ1v) is 3.26. The quantitative estimate of drug-likeness (QED) is 0.585. The minimum Gasteiger partial charge on any atom is -0.481 e. The summed E-state index contributed by atoms with van der Waals surface area (Å²) in [5.41, 5.74) is 1.66. The molecule has 1 rings (SSSR count). The topological polar surface area (TPSA) is 42.4 Å². The molecule has 0 bridgehead atoms. The van der Waals surface area contributed by atoms with Crippen LogP contribution in [0.2, 0.25) is 0 Å². The second-order valence-electron chi connectivity index (χ2n) is 2.21. The van der Waals surface area contributed by atoms with E-state index >= 15 is 0 Å². The number of aromatic nitrogens is 1. The molecule has 0 aliphatic heterocycles. The molecule has 11 heavy (non-hydrogen) atoms. The van der Waals surface area contributed by atoms with E-state index in [1.807, 2.05) is 6.92 Å². The van der Waals surface area contributed by atoms with Crippen molar-refractivity contribution < 1.29 is 9.76 Å². The third-order valence-electron chi connectivity index (χ3n) is 1.47. The van der Waals surface area contributed by atoms with Crippen LogP contribution < -0.4 is 10.2 Å². The second kappa shape index (κ2) is 3.39. The zero-order valence-corrected chi connectivity index (χ0v) is 6.53. The SMILES string of the molecule is COc1cc(C)c([B]O)cn1. The summed E-state index contributed by atoms with van der Waals surface area (Å²) in [5.74, 6) is 0.563. The minimum absolute atomic E-state index is 0.563. The molecular formula is C7H9BNO2. The average Bonchev–Trinajstić information content (AvgIpc) is 2.04. The summed E-state index contributed by atoms with van der Waals surface area (Å²) in [7, 11) is 2.59. The Balaban J connectivity index is 2.99. The van der Waals surface area contributed by atoms with E-state index < -0.39 is 0 Å². The summed E-state index contributed by atoms with van der Waals surface area (Å²) in [5, 5.41) is 8.68. The van der Waals surface area contributed by atoms with Gasteiger partial charge in [0.2, 0.25) is 5.88 Å². The van der Waals surface area contributed by atoms with Crippen LogP contribution in [-0.4, -0.2) is 24.6 Å². The summed E-state index contributed by atoms with van der Waals surface area (Å²) < 4.78 is 4.89. The molecule has 1 aromatic heterocycles. The summed E-state index contributed by atoms with van der Waals surface area (Å²) in [6.07, 6.45) is 1.56. The van der Waals surface area contributed by atoms with Crippen molar-refractivity contribution >= 4 is 12.9 Å². The molecule has 0 aliphatic carbocycles. The number of hydrogen-bond acceptors (Lipinski definition) is 3. The van der Waals surface area contributed by atoms with Gasteiger partial charge in [0, 0.05) is 12.3 Å². The van der Waals surface area contributed by atoms with E-state index in [2.05, 4.69) is 4.98 Å². The van der Waals surface area contributed by atoms with Gasteiger partial charge in [0.25, 0.3) is 0 Å². The summed E-state index contributed by atoms with van der Waals surface area (Å²) in [4.78, 5) is 3.92. The standard InChI is InChI=1S/C7H9BNO2/c1-5-3-7(11-2)9-4-6(5)8-10/h3-4,10H,1-2H3. The monoisotopic (exact) mass is 150 g/mol. The van der Waals surface area contributed by atoms with Crippen molar-refractivity contribution in [1.82, 2.24) is 4.98 Å². The van der Waals surface area contributed by atoms with Gasteiger partial charge in [-0.3, -0.25) is 0 Å². The third-order valence-corrected chi connectivity index (χ3v) is 1.47. The number of nitrogens with zero attached hydrogens (tertiary/aromatic N) is 1. The first-order valence-electron chi connectivity index (χ1n) is 3.26. The summed E-state index contributed by atoms with van der Waals surface area (Å²) in [6.45, 7) is 1.88. The number of aryl methyl sites for hydroxylation is 1. The maximum absolute atomic E-state index is 8.68. The van der Waals surface area contributed by atoms with Gasteiger partial charge in [0.1, 0.15) is 0 Å². The Bertz CT molecular complexity index is 252. The van der Waals surface area contributed by atoms with Crippen molar-refractivity contribution in [2.24, 2.45) is 0 Å². The highest BCUT2D eigenvalue weighted by Gasteiger charge is 2.00. The van der Waals surface area contributed by atoms with E-state index in [-0.39, 0.29) is 0 Å². The number of ether oxygens (including phenoxy) is 1. The molecule has 1 radical (unpaired) electrons. The van der Waals surface area contributed by atoms with Crippen LogP contribution in [0.25, 0.3) is 0 Å². The first-order chi connectivity index (χ1) is 5.27. The highest BCUT2D eigenvalue weighted by atomic mass is 16.5. The smallest absolute Gasteiger partial charge is 0.328 e. The first kappa shape index (κ1) is 8.08. The summed E-state index contributed by atoms with van der Waals surface area (Å²) in [6, 6.07) is 1.77. The van der Waals surface area contributed by atoms with E-state index in [0.717, 1.165) is 13.0 Å². The van der Waals surface area contributed by atoms with E-state index in [1.165, 1.54) is 0 Å². The van der Waals surface area contributed by atoms with Crippen LogP contribution in [0.5, 0.6) is 5.88 Å². The Labute approximate surface area is 66.3 Å². The van der Waals surface area contributed by atoms with E-state index in [0.29, 0.717) is 11.3 Å². The van der Waals surface area contributed by atoms with Gasteiger partial charge in [-0.2, -0.15) is 0 Å². The Morgan fingerprint density at radius 3 is 2.82 bits per heavy atom. The highest BCUT2D eigenvalue weighted by Crippen LogP contribution is 2.04. The van der Waals surface area contributed by atoms with Crippen molar-refractivity contribution in [3.8, 4) is 5.88 Å². The predicted octanol–water partition coefficient (Wildman–Crippen LogP) is -0.365. The van der Waals surface area contributed by atoms with E-state index in [1.54, 1.807) is 19.4 Å². The van der Waals surface area contributed by atoms with Crippen LogP contribution in [-0.2, 0) is 0 Å². The zero-order valence-electron chi connectivity index (χ0n) is 6.53. The van der Waals surface area contributed by atoms with Crippen molar-refractivity contribution in [2.75, 3.05) is 7.11 Å². The molecule has 0 unspecified atom stereocenters. The van der Waals surface area contributed by atoms with Crippen molar-refractivity contribution in [3.63, 3.8) is 0 Å². The number of pyridine rings is 1. The molecule has 0 amide bonds. The second-order valence-corrected chi connectivity index (χ2v) is 2.21. The maximum atomic E-state index is 8.68. The highest BCUT2D eigenvalue weighted by molar-refractivity contribution is 6.46. The fourth-order valence-electron chi connectivity index (χ4n) is 0.788. The lowest BCUT2D eigenvalue weighted by molar-refractivity contribution is 0.397. The Kier molecular flexibility index (Phi) is 2.49.